The van der Waals surface area contributed by atoms with Crippen LogP contribution in [0, 0.1) is 11.3 Å². The molecule has 2 N–H and O–H groups in total. The number of azo groups is 1. The molecule has 0 aliphatic carbocycles. The molecule has 0 saturated carbocycles. The van der Waals surface area contributed by atoms with Crippen molar-refractivity contribution >= 4 is 11.4 Å². The highest BCUT2D eigenvalue weighted by Gasteiger charge is 2.06. The van der Waals surface area contributed by atoms with Crippen molar-refractivity contribution in [1.82, 2.24) is 0 Å². The third-order valence-electron chi connectivity index (χ3n) is 2.27. The van der Waals surface area contributed by atoms with E-state index in [1.54, 1.807) is 24.3 Å². The molecule has 2 rings (SSSR count). The van der Waals surface area contributed by atoms with E-state index in [-0.39, 0.29) is 28.4 Å². The Hall–Kier alpha value is -2.87. The van der Waals surface area contributed by atoms with Crippen molar-refractivity contribution < 1.29 is 10.2 Å². The van der Waals surface area contributed by atoms with Crippen LogP contribution in [0.2, 0.25) is 0 Å². The summed E-state index contributed by atoms with van der Waals surface area (Å²) < 4.78 is 0. The third kappa shape index (κ3) is 2.28. The number of hydrogen-bond acceptors (Lipinski definition) is 5. The van der Waals surface area contributed by atoms with Crippen molar-refractivity contribution in [2.24, 2.45) is 10.2 Å². The molecule has 0 heterocycles. The predicted molar refractivity (Wildman–Crippen MR) is 65.1 cm³/mol. The van der Waals surface area contributed by atoms with Gasteiger partial charge in [0, 0.05) is 0 Å². The Balaban J connectivity index is 2.42. The average Bonchev–Trinajstić information content (AvgIpc) is 2.39. The summed E-state index contributed by atoms with van der Waals surface area (Å²) in [6.45, 7) is 0. The lowest BCUT2D eigenvalue weighted by atomic mass is 10.2. The highest BCUT2D eigenvalue weighted by Crippen LogP contribution is 2.33. The Bertz CT molecular complexity index is 645. The summed E-state index contributed by atoms with van der Waals surface area (Å²) in [7, 11) is 0. The largest absolute Gasteiger partial charge is 0.506 e. The van der Waals surface area contributed by atoms with Gasteiger partial charge < -0.3 is 10.2 Å². The number of nitrogens with zero attached hydrogens (tertiary/aromatic N) is 3. The molecule has 0 fully saturated rings. The Labute approximate surface area is 103 Å². The molecule has 0 spiro atoms. The van der Waals surface area contributed by atoms with E-state index < -0.39 is 0 Å². The number of nitriles is 1. The Kier molecular flexibility index (Phi) is 3.21. The van der Waals surface area contributed by atoms with Gasteiger partial charge in [-0.25, -0.2) is 0 Å². The van der Waals surface area contributed by atoms with Crippen LogP contribution in [0.15, 0.2) is 52.7 Å². The Morgan fingerprint density at radius 3 is 2.33 bits per heavy atom. The summed E-state index contributed by atoms with van der Waals surface area (Å²) in [5.74, 6) is -0.150. The molecule has 0 bridgehead atoms. The van der Waals surface area contributed by atoms with Gasteiger partial charge in [0.15, 0.2) is 0 Å². The molecular formula is C13H9N3O2. The standard InChI is InChI=1S/C13H9N3O2/c14-8-9-4-3-7-12(18)13(9)16-15-10-5-1-2-6-11(10)17/h1-7,17-18H. The molecule has 88 valence electrons. The van der Waals surface area contributed by atoms with Crippen LogP contribution in [0.4, 0.5) is 11.4 Å². The van der Waals surface area contributed by atoms with Gasteiger partial charge in [-0.15, -0.1) is 10.2 Å². The van der Waals surface area contributed by atoms with E-state index in [0.29, 0.717) is 0 Å². The number of phenols is 2. The maximum absolute atomic E-state index is 9.60. The zero-order valence-electron chi connectivity index (χ0n) is 9.28. The van der Waals surface area contributed by atoms with Crippen LogP contribution < -0.4 is 0 Å². The molecule has 2 aromatic rings. The summed E-state index contributed by atoms with van der Waals surface area (Å²) in [4.78, 5) is 0. The van der Waals surface area contributed by atoms with E-state index in [1.807, 2.05) is 6.07 Å². The van der Waals surface area contributed by atoms with Gasteiger partial charge in [0.05, 0.1) is 5.56 Å². The minimum absolute atomic E-state index is 0.0184. The fraction of sp³-hybridized carbons (Fsp3) is 0. The molecule has 0 atom stereocenters. The zero-order chi connectivity index (χ0) is 13.0. The lowest BCUT2D eigenvalue weighted by molar-refractivity contribution is 0.474. The first-order valence-electron chi connectivity index (χ1n) is 5.14. The van der Waals surface area contributed by atoms with Gasteiger partial charge in [-0.3, -0.25) is 0 Å². The van der Waals surface area contributed by atoms with Crippen molar-refractivity contribution in [3.63, 3.8) is 0 Å². The van der Waals surface area contributed by atoms with E-state index in [0.717, 1.165) is 0 Å². The molecule has 0 unspecified atom stereocenters. The lowest BCUT2D eigenvalue weighted by Gasteiger charge is -2.00. The molecule has 2 aromatic carbocycles. The second-order valence-electron chi connectivity index (χ2n) is 3.47. The summed E-state index contributed by atoms with van der Waals surface area (Å²) >= 11 is 0. The smallest absolute Gasteiger partial charge is 0.145 e. The molecular weight excluding hydrogens is 230 g/mol. The summed E-state index contributed by atoms with van der Waals surface area (Å²) in [6.07, 6.45) is 0. The van der Waals surface area contributed by atoms with Crippen LogP contribution in [0.25, 0.3) is 0 Å². The second kappa shape index (κ2) is 4.97. The number of aromatic hydroxyl groups is 2. The van der Waals surface area contributed by atoms with Crippen LogP contribution in [0.5, 0.6) is 11.5 Å². The molecule has 0 amide bonds. The molecule has 0 radical (unpaired) electrons. The van der Waals surface area contributed by atoms with Gasteiger partial charge >= 0.3 is 0 Å². The van der Waals surface area contributed by atoms with Gasteiger partial charge in [-0.2, -0.15) is 5.26 Å². The molecule has 0 aliphatic rings. The maximum atomic E-state index is 9.60. The number of para-hydroxylation sites is 1. The first-order valence-corrected chi connectivity index (χ1v) is 5.14. The quantitative estimate of drug-likeness (QED) is 0.787. The third-order valence-corrected chi connectivity index (χ3v) is 2.27. The minimum atomic E-state index is -0.131. The SMILES string of the molecule is N#Cc1cccc(O)c1N=Nc1ccccc1O. The highest BCUT2D eigenvalue weighted by molar-refractivity contribution is 5.62. The first-order chi connectivity index (χ1) is 8.72. The number of rotatable bonds is 2. The van der Waals surface area contributed by atoms with Crippen molar-refractivity contribution in [3.8, 4) is 17.6 Å². The van der Waals surface area contributed by atoms with Crippen LogP contribution in [-0.2, 0) is 0 Å². The first kappa shape index (κ1) is 11.6. The zero-order valence-corrected chi connectivity index (χ0v) is 9.28. The van der Waals surface area contributed by atoms with Crippen molar-refractivity contribution in [3.05, 3.63) is 48.0 Å². The fourth-order valence-electron chi connectivity index (χ4n) is 1.38. The van der Waals surface area contributed by atoms with Crippen LogP contribution in [-0.4, -0.2) is 10.2 Å². The summed E-state index contributed by atoms with van der Waals surface area (Å²) in [6, 6.07) is 12.8. The molecule has 18 heavy (non-hydrogen) atoms. The lowest BCUT2D eigenvalue weighted by Crippen LogP contribution is -1.76. The molecule has 0 aromatic heterocycles. The van der Waals surface area contributed by atoms with Crippen LogP contribution >= 0.6 is 0 Å². The van der Waals surface area contributed by atoms with E-state index in [1.165, 1.54) is 18.2 Å². The van der Waals surface area contributed by atoms with E-state index in [4.69, 9.17) is 5.26 Å². The predicted octanol–water partition coefficient (Wildman–Crippen LogP) is 3.38. The van der Waals surface area contributed by atoms with Gasteiger partial charge in [-0.1, -0.05) is 18.2 Å². The number of phenolic OH excluding ortho intramolecular Hbond substituents is 2. The van der Waals surface area contributed by atoms with Crippen LogP contribution in [0.3, 0.4) is 0 Å². The number of hydrogen-bond donors (Lipinski definition) is 2. The van der Waals surface area contributed by atoms with Gasteiger partial charge in [0.25, 0.3) is 0 Å². The molecule has 0 aliphatic heterocycles. The van der Waals surface area contributed by atoms with Gasteiger partial charge in [-0.05, 0) is 24.3 Å². The van der Waals surface area contributed by atoms with E-state index in [2.05, 4.69) is 10.2 Å². The Morgan fingerprint density at radius 2 is 1.61 bits per heavy atom. The summed E-state index contributed by atoms with van der Waals surface area (Å²) in [5, 5.41) is 35.6. The molecule has 5 heteroatoms. The highest BCUT2D eigenvalue weighted by atomic mass is 16.3. The fourth-order valence-corrected chi connectivity index (χ4v) is 1.38. The molecule has 5 nitrogen and oxygen atoms in total. The summed E-state index contributed by atoms with van der Waals surface area (Å²) in [5.41, 5.74) is 0.571. The second-order valence-corrected chi connectivity index (χ2v) is 3.47. The topological polar surface area (TPSA) is 89.0 Å². The van der Waals surface area contributed by atoms with E-state index in [9.17, 15) is 10.2 Å². The molecule has 0 saturated heterocycles. The average molecular weight is 239 g/mol. The van der Waals surface area contributed by atoms with Crippen molar-refractivity contribution in [1.29, 1.82) is 5.26 Å². The van der Waals surface area contributed by atoms with Gasteiger partial charge in [0.2, 0.25) is 0 Å². The monoisotopic (exact) mass is 239 g/mol. The minimum Gasteiger partial charge on any atom is -0.506 e. The number of benzene rings is 2. The van der Waals surface area contributed by atoms with Crippen molar-refractivity contribution in [2.75, 3.05) is 0 Å². The van der Waals surface area contributed by atoms with E-state index >= 15 is 0 Å². The normalized spacial score (nSPS) is 10.4. The Morgan fingerprint density at radius 1 is 0.889 bits per heavy atom. The van der Waals surface area contributed by atoms with Crippen LogP contribution in [0.1, 0.15) is 5.56 Å². The maximum Gasteiger partial charge on any atom is 0.145 e. The van der Waals surface area contributed by atoms with Gasteiger partial charge in [0.1, 0.15) is 28.9 Å². The van der Waals surface area contributed by atoms with Crippen molar-refractivity contribution in [2.45, 2.75) is 0 Å².